The summed E-state index contributed by atoms with van der Waals surface area (Å²) in [6.07, 6.45) is 2.60. The molecule has 3 heterocycles. The number of likely N-dealkylation sites (tertiary alicyclic amines) is 1. The van der Waals surface area contributed by atoms with Gasteiger partial charge in [0.1, 0.15) is 5.03 Å². The van der Waals surface area contributed by atoms with Crippen molar-refractivity contribution in [1.29, 1.82) is 0 Å². The second kappa shape index (κ2) is 6.47. The number of piperidine rings is 1. The van der Waals surface area contributed by atoms with Gasteiger partial charge in [0.05, 0.1) is 18.8 Å². The van der Waals surface area contributed by atoms with Crippen molar-refractivity contribution in [2.75, 3.05) is 26.3 Å². The van der Waals surface area contributed by atoms with E-state index in [2.05, 4.69) is 4.98 Å². The molecule has 0 aliphatic carbocycles. The molecule has 1 aromatic heterocycles. The van der Waals surface area contributed by atoms with E-state index in [1.807, 2.05) is 0 Å². The van der Waals surface area contributed by atoms with Gasteiger partial charge >= 0.3 is 0 Å². The predicted octanol–water partition coefficient (Wildman–Crippen LogP) is 2.38. The monoisotopic (exact) mass is 330 g/mol. The van der Waals surface area contributed by atoms with Gasteiger partial charge in [0, 0.05) is 32.1 Å². The standard InChI is InChI=1S/C14H16F2N2O3S/c15-13(16)22-11-10(2-1-5-17-11)12(19)18-6-3-14(4-7-18)20-8-9-21-14/h1-2,5,13H,3-4,6-9H2. The number of halogens is 2. The molecule has 120 valence electrons. The van der Waals surface area contributed by atoms with Gasteiger partial charge in [-0.3, -0.25) is 4.79 Å². The Morgan fingerprint density at radius 2 is 2.00 bits per heavy atom. The molecule has 0 bridgehead atoms. The lowest BCUT2D eigenvalue weighted by atomic mass is 10.0. The Balaban J connectivity index is 1.70. The molecular weight excluding hydrogens is 314 g/mol. The van der Waals surface area contributed by atoms with Crippen molar-refractivity contribution in [2.24, 2.45) is 0 Å². The Bertz CT molecular complexity index is 543. The van der Waals surface area contributed by atoms with Crippen LogP contribution in [0.2, 0.25) is 0 Å². The minimum Gasteiger partial charge on any atom is -0.347 e. The SMILES string of the molecule is O=C(c1cccnc1SC(F)F)N1CCC2(CC1)OCCO2. The third-order valence-corrected chi connectivity index (χ3v) is 4.56. The maximum absolute atomic E-state index is 12.6. The molecule has 1 amide bonds. The molecule has 0 unspecified atom stereocenters. The second-order valence-corrected chi connectivity index (χ2v) is 6.11. The molecule has 0 atom stereocenters. The zero-order valence-electron chi connectivity index (χ0n) is 11.8. The van der Waals surface area contributed by atoms with Crippen molar-refractivity contribution in [3.63, 3.8) is 0 Å². The largest absolute Gasteiger partial charge is 0.347 e. The Morgan fingerprint density at radius 3 is 2.64 bits per heavy atom. The lowest BCUT2D eigenvalue weighted by molar-refractivity contribution is -0.181. The molecule has 1 aromatic rings. The lowest BCUT2D eigenvalue weighted by Crippen LogP contribution is -2.47. The van der Waals surface area contributed by atoms with E-state index in [0.29, 0.717) is 50.9 Å². The maximum Gasteiger partial charge on any atom is 0.290 e. The number of carbonyl (C=O) groups excluding carboxylic acids is 1. The van der Waals surface area contributed by atoms with Crippen LogP contribution in [-0.4, -0.2) is 53.6 Å². The molecule has 3 rings (SSSR count). The average Bonchev–Trinajstić information content (AvgIpc) is 2.96. The van der Waals surface area contributed by atoms with E-state index in [0.717, 1.165) is 0 Å². The first-order chi connectivity index (χ1) is 10.6. The number of ether oxygens (including phenoxy) is 2. The van der Waals surface area contributed by atoms with Crippen LogP contribution >= 0.6 is 11.8 Å². The van der Waals surface area contributed by atoms with E-state index in [1.165, 1.54) is 12.3 Å². The molecule has 0 saturated carbocycles. The topological polar surface area (TPSA) is 51.7 Å². The minimum atomic E-state index is -2.61. The van der Waals surface area contributed by atoms with Crippen LogP contribution in [0, 0.1) is 0 Å². The Kier molecular flexibility index (Phi) is 4.60. The number of alkyl halides is 2. The van der Waals surface area contributed by atoms with Crippen LogP contribution in [-0.2, 0) is 9.47 Å². The number of pyridine rings is 1. The smallest absolute Gasteiger partial charge is 0.290 e. The Morgan fingerprint density at radius 1 is 1.32 bits per heavy atom. The summed E-state index contributed by atoms with van der Waals surface area (Å²) in [5.74, 6) is -3.44. The molecule has 2 saturated heterocycles. The summed E-state index contributed by atoms with van der Waals surface area (Å²) in [4.78, 5) is 18.1. The Hall–Kier alpha value is -1.25. The first kappa shape index (κ1) is 15.6. The molecule has 2 fully saturated rings. The molecule has 5 nitrogen and oxygen atoms in total. The molecule has 2 aliphatic heterocycles. The second-order valence-electron chi connectivity index (χ2n) is 5.13. The quantitative estimate of drug-likeness (QED) is 0.797. The summed E-state index contributed by atoms with van der Waals surface area (Å²) in [6, 6.07) is 3.12. The van der Waals surface area contributed by atoms with Crippen molar-refractivity contribution in [2.45, 2.75) is 29.4 Å². The van der Waals surface area contributed by atoms with Gasteiger partial charge in [0.25, 0.3) is 11.7 Å². The fourth-order valence-electron chi connectivity index (χ4n) is 2.74. The number of amides is 1. The van der Waals surface area contributed by atoms with E-state index in [4.69, 9.17) is 9.47 Å². The number of aromatic nitrogens is 1. The summed E-state index contributed by atoms with van der Waals surface area (Å²) >= 11 is 0.295. The zero-order chi connectivity index (χ0) is 15.6. The summed E-state index contributed by atoms with van der Waals surface area (Å²) in [5.41, 5.74) is 0.219. The summed E-state index contributed by atoms with van der Waals surface area (Å²) in [6.45, 7) is 2.11. The number of nitrogens with zero attached hydrogens (tertiary/aromatic N) is 2. The number of hydrogen-bond donors (Lipinski definition) is 0. The van der Waals surface area contributed by atoms with E-state index < -0.39 is 11.5 Å². The number of thioether (sulfide) groups is 1. The molecule has 1 spiro atoms. The molecule has 22 heavy (non-hydrogen) atoms. The summed E-state index contributed by atoms with van der Waals surface area (Å²) < 4.78 is 36.4. The van der Waals surface area contributed by atoms with Crippen molar-refractivity contribution in [3.05, 3.63) is 23.9 Å². The van der Waals surface area contributed by atoms with Crippen LogP contribution in [0.15, 0.2) is 23.4 Å². The fraction of sp³-hybridized carbons (Fsp3) is 0.571. The van der Waals surface area contributed by atoms with Crippen LogP contribution in [0.4, 0.5) is 8.78 Å². The zero-order valence-corrected chi connectivity index (χ0v) is 12.7. The van der Waals surface area contributed by atoms with E-state index in [-0.39, 0.29) is 16.5 Å². The van der Waals surface area contributed by atoms with Gasteiger partial charge in [0.2, 0.25) is 0 Å². The van der Waals surface area contributed by atoms with Crippen LogP contribution in [0.25, 0.3) is 0 Å². The van der Waals surface area contributed by atoms with E-state index >= 15 is 0 Å². The maximum atomic E-state index is 12.6. The summed E-state index contributed by atoms with van der Waals surface area (Å²) in [7, 11) is 0. The molecular formula is C14H16F2N2O3S. The third kappa shape index (κ3) is 3.23. The van der Waals surface area contributed by atoms with Gasteiger partial charge in [-0.15, -0.1) is 0 Å². The number of carbonyl (C=O) groups is 1. The van der Waals surface area contributed by atoms with Gasteiger partial charge in [-0.05, 0) is 23.9 Å². The highest BCUT2D eigenvalue weighted by Gasteiger charge is 2.41. The molecule has 2 aliphatic rings. The molecule has 0 radical (unpaired) electrons. The normalized spacial score (nSPS) is 20.8. The van der Waals surface area contributed by atoms with Gasteiger partial charge < -0.3 is 14.4 Å². The number of rotatable bonds is 3. The average molecular weight is 330 g/mol. The predicted molar refractivity (Wildman–Crippen MR) is 75.9 cm³/mol. The van der Waals surface area contributed by atoms with Crippen LogP contribution in [0.3, 0.4) is 0 Å². The van der Waals surface area contributed by atoms with Crippen LogP contribution < -0.4 is 0 Å². The van der Waals surface area contributed by atoms with Gasteiger partial charge in [-0.25, -0.2) is 4.98 Å². The third-order valence-electron chi connectivity index (χ3n) is 3.83. The van der Waals surface area contributed by atoms with Crippen LogP contribution in [0.1, 0.15) is 23.2 Å². The minimum absolute atomic E-state index is 0.0659. The number of hydrogen-bond acceptors (Lipinski definition) is 5. The van der Waals surface area contributed by atoms with E-state index in [1.54, 1.807) is 11.0 Å². The van der Waals surface area contributed by atoms with E-state index in [9.17, 15) is 13.6 Å². The molecule has 8 heteroatoms. The molecule has 0 aromatic carbocycles. The highest BCUT2D eigenvalue weighted by atomic mass is 32.2. The summed E-state index contributed by atoms with van der Waals surface area (Å²) in [5, 5.41) is 0.0659. The first-order valence-electron chi connectivity index (χ1n) is 7.07. The fourth-order valence-corrected chi connectivity index (χ4v) is 3.31. The van der Waals surface area contributed by atoms with Crippen molar-refractivity contribution >= 4 is 17.7 Å². The van der Waals surface area contributed by atoms with Gasteiger partial charge in [0.15, 0.2) is 5.79 Å². The van der Waals surface area contributed by atoms with Crippen molar-refractivity contribution in [1.82, 2.24) is 9.88 Å². The van der Waals surface area contributed by atoms with Crippen molar-refractivity contribution < 1.29 is 23.0 Å². The lowest BCUT2D eigenvalue weighted by Gasteiger charge is -2.37. The molecule has 0 N–H and O–H groups in total. The first-order valence-corrected chi connectivity index (χ1v) is 7.95. The Labute approximate surface area is 131 Å². The van der Waals surface area contributed by atoms with Crippen molar-refractivity contribution in [3.8, 4) is 0 Å². The van der Waals surface area contributed by atoms with Gasteiger partial charge in [-0.2, -0.15) is 8.78 Å². The van der Waals surface area contributed by atoms with Gasteiger partial charge in [-0.1, -0.05) is 0 Å². The highest BCUT2D eigenvalue weighted by Crippen LogP contribution is 2.33. The van der Waals surface area contributed by atoms with Crippen LogP contribution in [0.5, 0.6) is 0 Å². The highest BCUT2D eigenvalue weighted by molar-refractivity contribution is 7.99.